The number of pyridine rings is 2. The molecule has 0 unspecified atom stereocenters. The Morgan fingerprint density at radius 2 is 1.74 bits per heavy atom. The number of aryl methyl sites for hydroxylation is 1. The van der Waals surface area contributed by atoms with Crippen LogP contribution < -0.4 is 25.5 Å². The van der Waals surface area contributed by atoms with Crippen molar-refractivity contribution in [3.05, 3.63) is 59.4 Å². The number of hydrogen-bond acceptors (Lipinski definition) is 9. The summed E-state index contributed by atoms with van der Waals surface area (Å²) in [5.74, 6) is 1.86. The van der Waals surface area contributed by atoms with E-state index >= 15 is 0 Å². The maximum absolute atomic E-state index is 13.6. The highest BCUT2D eigenvalue weighted by molar-refractivity contribution is 6.04. The number of hydrogen-bond donors (Lipinski definition) is 1. The molecule has 0 aliphatic carbocycles. The molecule has 5 heterocycles. The zero-order chi connectivity index (χ0) is 26.4. The van der Waals surface area contributed by atoms with Crippen molar-refractivity contribution in [2.45, 2.75) is 0 Å². The highest BCUT2D eigenvalue weighted by Crippen LogP contribution is 2.32. The van der Waals surface area contributed by atoms with Gasteiger partial charge in [0.2, 0.25) is 11.8 Å². The maximum atomic E-state index is 13.6. The van der Waals surface area contributed by atoms with Crippen molar-refractivity contribution in [2.24, 2.45) is 7.05 Å². The van der Waals surface area contributed by atoms with Gasteiger partial charge in [0, 0.05) is 70.7 Å². The van der Waals surface area contributed by atoms with Crippen LogP contribution in [0.1, 0.15) is 0 Å². The summed E-state index contributed by atoms with van der Waals surface area (Å²) in [4.78, 5) is 36.0. The van der Waals surface area contributed by atoms with Crippen LogP contribution in [0.2, 0.25) is 0 Å². The molecule has 1 N–H and O–H groups in total. The highest BCUT2D eigenvalue weighted by atomic mass is 16.5. The van der Waals surface area contributed by atoms with E-state index in [0.717, 1.165) is 59.5 Å². The van der Waals surface area contributed by atoms with Gasteiger partial charge in [-0.15, -0.1) is 0 Å². The van der Waals surface area contributed by atoms with Crippen LogP contribution in [0.3, 0.4) is 0 Å². The lowest BCUT2D eigenvalue weighted by atomic mass is 10.1. The fourth-order valence-electron chi connectivity index (χ4n) is 4.92. The van der Waals surface area contributed by atoms with E-state index in [2.05, 4.69) is 25.2 Å². The smallest absolute Gasteiger partial charge is 0.333 e. The zero-order valence-corrected chi connectivity index (χ0v) is 21.8. The summed E-state index contributed by atoms with van der Waals surface area (Å²) < 4.78 is 8.99. The Morgan fingerprint density at radius 1 is 0.974 bits per heavy atom. The molecule has 1 aromatic carbocycles. The molecule has 0 radical (unpaired) electrons. The van der Waals surface area contributed by atoms with Gasteiger partial charge in [-0.3, -0.25) is 14.1 Å². The first-order valence-electron chi connectivity index (χ1n) is 12.5. The Balaban J connectivity index is 1.55. The first-order valence-corrected chi connectivity index (χ1v) is 12.5. The molecule has 0 bridgehead atoms. The third-order valence-corrected chi connectivity index (χ3v) is 6.96. The van der Waals surface area contributed by atoms with E-state index in [0.29, 0.717) is 23.0 Å². The minimum Gasteiger partial charge on any atom is -0.479 e. The van der Waals surface area contributed by atoms with Gasteiger partial charge in [0.05, 0.1) is 29.9 Å². The Labute approximate surface area is 219 Å². The summed E-state index contributed by atoms with van der Waals surface area (Å²) >= 11 is 0. The van der Waals surface area contributed by atoms with Crippen LogP contribution in [0.4, 0.5) is 11.8 Å². The van der Waals surface area contributed by atoms with E-state index < -0.39 is 0 Å². The number of ether oxygens (including phenoxy) is 1. The van der Waals surface area contributed by atoms with Crippen molar-refractivity contribution in [1.29, 1.82) is 0 Å². The Hall–Kier alpha value is -4.51. The topological polar surface area (TPSA) is 106 Å². The first-order chi connectivity index (χ1) is 18.5. The molecule has 0 atom stereocenters. The lowest BCUT2D eigenvalue weighted by Gasteiger charge is -2.28. The molecule has 194 valence electrons. The molecule has 1 aliphatic heterocycles. The summed E-state index contributed by atoms with van der Waals surface area (Å²) in [6, 6.07) is 9.84. The van der Waals surface area contributed by atoms with Gasteiger partial charge in [0.25, 0.3) is 0 Å². The molecule has 4 aromatic heterocycles. The second-order valence-electron chi connectivity index (χ2n) is 9.50. The molecule has 0 saturated carbocycles. The third-order valence-electron chi connectivity index (χ3n) is 6.96. The van der Waals surface area contributed by atoms with Gasteiger partial charge in [0.15, 0.2) is 0 Å². The number of nitrogens with zero attached hydrogens (tertiary/aromatic N) is 8. The van der Waals surface area contributed by atoms with Crippen molar-refractivity contribution in [1.82, 2.24) is 34.4 Å². The largest absolute Gasteiger partial charge is 0.479 e. The van der Waals surface area contributed by atoms with Gasteiger partial charge in [0.1, 0.15) is 11.5 Å². The van der Waals surface area contributed by atoms with Crippen molar-refractivity contribution in [3.8, 4) is 22.7 Å². The Morgan fingerprint density at radius 3 is 2.45 bits per heavy atom. The normalized spacial score (nSPS) is 13.8. The van der Waals surface area contributed by atoms with Gasteiger partial charge < -0.3 is 19.9 Å². The predicted molar refractivity (Wildman–Crippen MR) is 149 cm³/mol. The third kappa shape index (κ3) is 3.91. The van der Waals surface area contributed by atoms with Crippen LogP contribution in [-0.4, -0.2) is 76.5 Å². The van der Waals surface area contributed by atoms with E-state index in [-0.39, 0.29) is 5.69 Å². The van der Waals surface area contributed by atoms with Crippen molar-refractivity contribution in [2.75, 3.05) is 57.2 Å². The second kappa shape index (κ2) is 9.42. The average molecular weight is 512 g/mol. The monoisotopic (exact) mass is 511 g/mol. The van der Waals surface area contributed by atoms with Gasteiger partial charge >= 0.3 is 5.69 Å². The lowest BCUT2D eigenvalue weighted by Crippen LogP contribution is -2.43. The minimum atomic E-state index is -0.201. The summed E-state index contributed by atoms with van der Waals surface area (Å²) in [7, 11) is 7.14. The summed E-state index contributed by atoms with van der Waals surface area (Å²) in [6.07, 6.45) is 5.34. The molecule has 5 aromatic rings. The number of nitrogens with one attached hydrogen (secondary N) is 1. The first kappa shape index (κ1) is 23.9. The summed E-state index contributed by atoms with van der Waals surface area (Å²) in [5, 5.41) is 4.19. The van der Waals surface area contributed by atoms with Crippen LogP contribution >= 0.6 is 0 Å². The molecular weight excluding hydrogens is 482 g/mol. The number of fused-ring (bicyclic) bond motifs is 3. The highest BCUT2D eigenvalue weighted by Gasteiger charge is 2.21. The molecular formula is C27H29N9O2. The van der Waals surface area contributed by atoms with Crippen molar-refractivity contribution in [3.63, 3.8) is 0 Å². The van der Waals surface area contributed by atoms with E-state index in [1.807, 2.05) is 49.3 Å². The summed E-state index contributed by atoms with van der Waals surface area (Å²) in [5.41, 5.74) is 4.41. The van der Waals surface area contributed by atoms with Crippen LogP contribution in [-0.2, 0) is 7.05 Å². The average Bonchev–Trinajstić information content (AvgIpc) is 3.22. The number of benzene rings is 1. The molecule has 1 saturated heterocycles. The van der Waals surface area contributed by atoms with Crippen LogP contribution in [0.25, 0.3) is 38.8 Å². The van der Waals surface area contributed by atoms with Crippen molar-refractivity contribution < 1.29 is 4.74 Å². The Bertz CT molecular complexity index is 1700. The molecule has 11 nitrogen and oxygen atoms in total. The quantitative estimate of drug-likeness (QED) is 0.380. The predicted octanol–water partition coefficient (Wildman–Crippen LogP) is 2.21. The number of aromatic nitrogens is 6. The number of imidazole rings is 1. The summed E-state index contributed by atoms with van der Waals surface area (Å²) in [6.45, 7) is 3.53. The SMILES string of the molecule is COc1nc(N2CCNCC2)ccc1-n1c(=O)n(C)c2cnc3ccc(-c4cnc(N(C)C)nc4)cc3c21. The fourth-order valence-corrected chi connectivity index (χ4v) is 4.92. The van der Waals surface area contributed by atoms with Gasteiger partial charge in [-0.25, -0.2) is 14.8 Å². The van der Waals surface area contributed by atoms with E-state index in [9.17, 15) is 4.79 Å². The van der Waals surface area contributed by atoms with Gasteiger partial charge in [-0.2, -0.15) is 4.98 Å². The van der Waals surface area contributed by atoms with E-state index in [1.54, 1.807) is 41.9 Å². The minimum absolute atomic E-state index is 0.201. The molecule has 11 heteroatoms. The van der Waals surface area contributed by atoms with E-state index in [1.165, 1.54) is 0 Å². The second-order valence-corrected chi connectivity index (χ2v) is 9.50. The fraction of sp³-hybridized carbons (Fsp3) is 0.296. The molecule has 1 fully saturated rings. The zero-order valence-electron chi connectivity index (χ0n) is 21.8. The maximum Gasteiger partial charge on any atom is 0.333 e. The number of methoxy groups -OCH3 is 1. The number of piperazine rings is 1. The molecule has 0 amide bonds. The van der Waals surface area contributed by atoms with Crippen LogP contribution in [0, 0.1) is 0 Å². The van der Waals surface area contributed by atoms with Gasteiger partial charge in [-0.05, 0) is 29.8 Å². The van der Waals surface area contributed by atoms with Crippen LogP contribution in [0.5, 0.6) is 5.88 Å². The van der Waals surface area contributed by atoms with Crippen molar-refractivity contribution >= 4 is 33.7 Å². The van der Waals surface area contributed by atoms with Crippen LogP contribution in [0.15, 0.2) is 53.7 Å². The number of anilines is 2. The molecule has 1 aliphatic rings. The molecule has 6 rings (SSSR count). The Kier molecular flexibility index (Phi) is 5.91. The standard InChI is InChI=1S/C27H29N9O2/c1-33(2)26-30-14-18(15-31-26)17-5-6-20-19(13-17)24-22(16-29-20)34(3)27(37)36(24)21-7-8-23(32-25(21)38-4)35-11-9-28-10-12-35/h5-8,13-16,28H,9-12H2,1-4H3. The van der Waals surface area contributed by atoms with Gasteiger partial charge in [-0.1, -0.05) is 6.07 Å². The molecule has 0 spiro atoms. The number of rotatable bonds is 5. The lowest BCUT2D eigenvalue weighted by molar-refractivity contribution is 0.395. The van der Waals surface area contributed by atoms with E-state index in [4.69, 9.17) is 9.72 Å². The molecule has 38 heavy (non-hydrogen) atoms.